The van der Waals surface area contributed by atoms with Gasteiger partial charge in [-0.25, -0.2) is 0 Å². The molecule has 2 aliphatic rings. The highest BCUT2D eigenvalue weighted by molar-refractivity contribution is 6.22. The third-order valence-electron chi connectivity index (χ3n) is 5.95. The standard InChI is InChI=1S/C25H19NO5/c27-24-18-12-22-23(13-19(18)25(28)26(24)14-15-6-5-11-29-15)31-21-10-4-2-8-17(21)16-7-1-3-9-20(16)30-22/h1-4,7-10,12-13,15H,5-6,11,14H2/t15-/m1/s1. The van der Waals surface area contributed by atoms with E-state index in [1.807, 2.05) is 48.5 Å². The van der Waals surface area contributed by atoms with Gasteiger partial charge in [0.1, 0.15) is 11.2 Å². The smallest absolute Gasteiger partial charge is 0.261 e. The number of amides is 2. The largest absolute Gasteiger partial charge is 0.453 e. The molecule has 2 aliphatic heterocycles. The van der Waals surface area contributed by atoms with E-state index in [1.54, 1.807) is 12.1 Å². The third-order valence-corrected chi connectivity index (χ3v) is 5.95. The lowest BCUT2D eigenvalue weighted by Gasteiger charge is -2.17. The number of ether oxygens (including phenoxy) is 1. The first-order chi connectivity index (χ1) is 15.2. The molecule has 1 aromatic heterocycles. The first-order valence-corrected chi connectivity index (χ1v) is 10.4. The first kappa shape index (κ1) is 18.2. The molecular weight excluding hydrogens is 394 g/mol. The fourth-order valence-corrected chi connectivity index (χ4v) is 4.41. The molecule has 3 aromatic carbocycles. The molecule has 0 radical (unpaired) electrons. The molecular formula is C25H19NO5. The third kappa shape index (κ3) is 2.91. The van der Waals surface area contributed by atoms with Gasteiger partial charge in [-0.2, -0.15) is 0 Å². The topological polar surface area (TPSA) is 72.9 Å². The van der Waals surface area contributed by atoms with Crippen molar-refractivity contribution in [1.29, 1.82) is 0 Å². The second kappa shape index (κ2) is 6.96. The van der Waals surface area contributed by atoms with E-state index in [0.717, 1.165) is 23.6 Å². The summed E-state index contributed by atoms with van der Waals surface area (Å²) in [6.45, 7) is 0.938. The van der Waals surface area contributed by atoms with Crippen LogP contribution in [-0.2, 0) is 4.74 Å². The average molecular weight is 413 g/mol. The Balaban J connectivity index is 1.59. The summed E-state index contributed by atoms with van der Waals surface area (Å²) < 4.78 is 18.0. The SMILES string of the molecule is O=C1c2cc3oc4ccccc4c4ccccc4oc3cc2C(=O)N1C[C@H]1CCCO1. The number of carbonyl (C=O) groups excluding carboxylic acids is 2. The second-order valence-corrected chi connectivity index (χ2v) is 7.90. The summed E-state index contributed by atoms with van der Waals surface area (Å²) in [6.07, 6.45) is 1.70. The fourth-order valence-electron chi connectivity index (χ4n) is 4.41. The monoisotopic (exact) mass is 413 g/mol. The molecule has 0 aliphatic carbocycles. The highest BCUT2D eigenvalue weighted by Crippen LogP contribution is 2.32. The summed E-state index contributed by atoms with van der Waals surface area (Å²) in [7, 11) is 0. The predicted octanol–water partition coefficient (Wildman–Crippen LogP) is 5.23. The van der Waals surface area contributed by atoms with E-state index in [4.69, 9.17) is 13.6 Å². The lowest BCUT2D eigenvalue weighted by Crippen LogP contribution is -2.36. The van der Waals surface area contributed by atoms with Crippen molar-refractivity contribution in [3.05, 3.63) is 71.8 Å². The van der Waals surface area contributed by atoms with Crippen LogP contribution in [0.25, 0.3) is 33.1 Å². The van der Waals surface area contributed by atoms with Crippen LogP contribution in [-0.4, -0.2) is 36.0 Å². The summed E-state index contributed by atoms with van der Waals surface area (Å²) in [6, 6.07) is 18.6. The van der Waals surface area contributed by atoms with E-state index in [1.165, 1.54) is 4.90 Å². The van der Waals surface area contributed by atoms with E-state index >= 15 is 0 Å². The first-order valence-electron chi connectivity index (χ1n) is 10.4. The minimum atomic E-state index is -0.322. The Bertz CT molecular complexity index is 1320. The van der Waals surface area contributed by atoms with Gasteiger partial charge in [0.15, 0.2) is 11.2 Å². The molecule has 1 atom stereocenters. The quantitative estimate of drug-likeness (QED) is 0.421. The van der Waals surface area contributed by atoms with Crippen LogP contribution in [0.3, 0.4) is 0 Å². The van der Waals surface area contributed by atoms with Crippen molar-refractivity contribution < 1.29 is 23.2 Å². The predicted molar refractivity (Wildman–Crippen MR) is 115 cm³/mol. The number of para-hydroxylation sites is 2. The number of nitrogens with zero attached hydrogens (tertiary/aromatic N) is 1. The summed E-state index contributed by atoms with van der Waals surface area (Å²) in [5.41, 5.74) is 2.79. The minimum absolute atomic E-state index is 0.102. The van der Waals surface area contributed by atoms with Crippen molar-refractivity contribution in [2.24, 2.45) is 0 Å². The average Bonchev–Trinajstić information content (AvgIpc) is 3.37. The van der Waals surface area contributed by atoms with Crippen LogP contribution >= 0.6 is 0 Å². The molecule has 1 saturated heterocycles. The lowest BCUT2D eigenvalue weighted by atomic mass is 10.1. The molecule has 0 saturated carbocycles. The Morgan fingerprint density at radius 3 is 1.84 bits per heavy atom. The van der Waals surface area contributed by atoms with Crippen LogP contribution in [0, 0.1) is 0 Å². The molecule has 31 heavy (non-hydrogen) atoms. The molecule has 0 spiro atoms. The van der Waals surface area contributed by atoms with Gasteiger partial charge >= 0.3 is 0 Å². The summed E-state index contributed by atoms with van der Waals surface area (Å²) in [4.78, 5) is 27.3. The number of rotatable bonds is 2. The van der Waals surface area contributed by atoms with Crippen LogP contribution < -0.4 is 0 Å². The van der Waals surface area contributed by atoms with Crippen molar-refractivity contribution >= 4 is 44.9 Å². The maximum absolute atomic E-state index is 13.0. The van der Waals surface area contributed by atoms with Gasteiger partial charge in [-0.3, -0.25) is 14.5 Å². The molecule has 6 rings (SSSR count). The maximum Gasteiger partial charge on any atom is 0.261 e. The summed E-state index contributed by atoms with van der Waals surface area (Å²) in [5.74, 6) is -0.643. The van der Waals surface area contributed by atoms with Gasteiger partial charge in [-0.15, -0.1) is 0 Å². The van der Waals surface area contributed by atoms with Crippen LogP contribution in [0.5, 0.6) is 0 Å². The van der Waals surface area contributed by atoms with Crippen molar-refractivity contribution in [1.82, 2.24) is 4.90 Å². The van der Waals surface area contributed by atoms with Crippen LogP contribution in [0.1, 0.15) is 33.6 Å². The molecule has 6 nitrogen and oxygen atoms in total. The fraction of sp³-hybridized carbons (Fsp3) is 0.200. The number of fused-ring (bicyclic) bond motifs is 5. The zero-order valence-corrected chi connectivity index (χ0v) is 16.7. The zero-order chi connectivity index (χ0) is 20.9. The van der Waals surface area contributed by atoms with Crippen molar-refractivity contribution in [3.63, 3.8) is 0 Å². The zero-order valence-electron chi connectivity index (χ0n) is 16.7. The van der Waals surface area contributed by atoms with Crippen LogP contribution in [0.15, 0.2) is 69.5 Å². The van der Waals surface area contributed by atoms with E-state index in [2.05, 4.69) is 0 Å². The Morgan fingerprint density at radius 1 is 0.774 bits per heavy atom. The van der Waals surface area contributed by atoms with E-state index in [0.29, 0.717) is 40.1 Å². The van der Waals surface area contributed by atoms with Gasteiger partial charge < -0.3 is 13.6 Å². The Kier molecular flexibility index (Phi) is 4.07. The maximum atomic E-state index is 13.0. The molecule has 0 unspecified atom stereocenters. The lowest BCUT2D eigenvalue weighted by molar-refractivity contribution is 0.0475. The number of carbonyl (C=O) groups is 2. The molecule has 4 aromatic rings. The Hall–Kier alpha value is -3.64. The van der Waals surface area contributed by atoms with Crippen molar-refractivity contribution in [2.75, 3.05) is 13.2 Å². The van der Waals surface area contributed by atoms with Gasteiger partial charge in [0.05, 0.1) is 23.8 Å². The van der Waals surface area contributed by atoms with Crippen molar-refractivity contribution in [2.45, 2.75) is 18.9 Å². The highest BCUT2D eigenvalue weighted by atomic mass is 16.5. The highest BCUT2D eigenvalue weighted by Gasteiger charge is 2.38. The minimum Gasteiger partial charge on any atom is -0.453 e. The molecule has 3 heterocycles. The number of hydrogen-bond acceptors (Lipinski definition) is 5. The molecule has 1 fully saturated rings. The van der Waals surface area contributed by atoms with E-state index in [9.17, 15) is 9.59 Å². The van der Waals surface area contributed by atoms with Crippen LogP contribution in [0.2, 0.25) is 0 Å². The molecule has 6 heteroatoms. The van der Waals surface area contributed by atoms with Gasteiger partial charge in [0, 0.05) is 17.4 Å². The number of benzene rings is 3. The summed E-state index contributed by atoms with van der Waals surface area (Å²) in [5, 5.41) is 1.79. The summed E-state index contributed by atoms with van der Waals surface area (Å²) >= 11 is 0. The van der Waals surface area contributed by atoms with Crippen molar-refractivity contribution in [3.8, 4) is 0 Å². The van der Waals surface area contributed by atoms with Gasteiger partial charge in [-0.05, 0) is 37.1 Å². The second-order valence-electron chi connectivity index (χ2n) is 7.90. The van der Waals surface area contributed by atoms with Gasteiger partial charge in [-0.1, -0.05) is 36.4 Å². The molecule has 0 bridgehead atoms. The van der Waals surface area contributed by atoms with E-state index in [-0.39, 0.29) is 24.5 Å². The Morgan fingerprint density at radius 2 is 1.32 bits per heavy atom. The van der Waals surface area contributed by atoms with E-state index < -0.39 is 0 Å². The molecule has 154 valence electrons. The normalized spacial score (nSPS) is 18.3. The van der Waals surface area contributed by atoms with Gasteiger partial charge in [0.2, 0.25) is 0 Å². The number of hydrogen-bond donors (Lipinski definition) is 0. The number of imide groups is 1. The molecule has 0 N–H and O–H groups in total. The molecule has 2 amide bonds. The Labute approximate surface area is 177 Å². The van der Waals surface area contributed by atoms with Gasteiger partial charge in [0.25, 0.3) is 11.8 Å². The van der Waals surface area contributed by atoms with Crippen LogP contribution in [0.4, 0.5) is 0 Å².